The summed E-state index contributed by atoms with van der Waals surface area (Å²) < 4.78 is 31.8. The fraction of sp³-hybridized carbons (Fsp3) is 0.462. The molecule has 8 nitrogen and oxygen atoms in total. The maximum absolute atomic E-state index is 12.3. The second-order valence-corrected chi connectivity index (χ2v) is 7.08. The van der Waals surface area contributed by atoms with Gasteiger partial charge in [0, 0.05) is 17.5 Å². The van der Waals surface area contributed by atoms with E-state index in [-0.39, 0.29) is 23.6 Å². The molecular formula is C13H17BrN2O6S. The van der Waals surface area contributed by atoms with E-state index in [0.29, 0.717) is 11.8 Å². The molecule has 10 heteroatoms. The Labute approximate surface area is 142 Å². The van der Waals surface area contributed by atoms with E-state index >= 15 is 0 Å². The highest BCUT2D eigenvalue weighted by atomic mass is 79.9. The topological polar surface area (TPSA) is 116 Å². The monoisotopic (exact) mass is 408 g/mol. The number of hydrogen-bond donors (Lipinski definition) is 1. The second kappa shape index (κ2) is 8.94. The first kappa shape index (κ1) is 19.5. The van der Waals surface area contributed by atoms with Crippen molar-refractivity contribution >= 4 is 37.6 Å². The molecule has 0 spiro atoms. The molecule has 0 aliphatic heterocycles. The van der Waals surface area contributed by atoms with E-state index in [1.807, 2.05) is 6.92 Å². The number of rotatable bonds is 9. The van der Waals surface area contributed by atoms with Crippen LogP contribution in [0.1, 0.15) is 19.8 Å². The summed E-state index contributed by atoms with van der Waals surface area (Å²) in [5, 5.41) is 11.0. The molecule has 1 rings (SSSR count). The van der Waals surface area contributed by atoms with Crippen LogP contribution in [0.2, 0.25) is 0 Å². The van der Waals surface area contributed by atoms with Gasteiger partial charge in [0.15, 0.2) is 0 Å². The van der Waals surface area contributed by atoms with Crippen molar-refractivity contribution in [2.45, 2.75) is 30.7 Å². The van der Waals surface area contributed by atoms with E-state index in [1.54, 1.807) is 0 Å². The van der Waals surface area contributed by atoms with E-state index in [9.17, 15) is 23.3 Å². The number of nitrogens with one attached hydrogen (secondary N) is 1. The summed E-state index contributed by atoms with van der Waals surface area (Å²) in [6, 6.07) is 3.38. The number of halogens is 1. The van der Waals surface area contributed by atoms with Gasteiger partial charge in [-0.1, -0.05) is 22.9 Å². The lowest BCUT2D eigenvalue weighted by atomic mass is 10.2. The Balaban J connectivity index is 2.92. The number of sulfonamides is 1. The third-order valence-corrected chi connectivity index (χ3v) is 4.73. The number of ether oxygens (including phenoxy) is 1. The Morgan fingerprint density at radius 1 is 1.39 bits per heavy atom. The summed E-state index contributed by atoms with van der Waals surface area (Å²) in [7, 11) is -3.99. The van der Waals surface area contributed by atoms with Crippen LogP contribution in [0.15, 0.2) is 29.2 Å². The predicted molar refractivity (Wildman–Crippen MR) is 86.9 cm³/mol. The maximum atomic E-state index is 12.3. The van der Waals surface area contributed by atoms with Crippen molar-refractivity contribution in [3.8, 4) is 0 Å². The molecule has 128 valence electrons. The summed E-state index contributed by atoms with van der Waals surface area (Å²) in [5.41, 5.74) is -0.219. The van der Waals surface area contributed by atoms with Crippen LogP contribution in [-0.2, 0) is 19.6 Å². The molecule has 1 aromatic carbocycles. The standard InChI is InChI=1S/C13H17BrN2O6S/c1-2-9-22-13(17)12(7-8-14)15-23(20,21)11-5-3-10(4-6-11)16(18)19/h3-6,12,15H,2,7-9H2,1H3/t12-/m0/s1. The van der Waals surface area contributed by atoms with Crippen LogP contribution >= 0.6 is 15.9 Å². The van der Waals surface area contributed by atoms with Crippen LogP contribution in [0.25, 0.3) is 0 Å². The average Bonchev–Trinajstić information content (AvgIpc) is 2.52. The SMILES string of the molecule is CCCOC(=O)[C@H](CCBr)NS(=O)(=O)c1ccc([N+](=O)[O-])cc1. The van der Waals surface area contributed by atoms with E-state index in [2.05, 4.69) is 20.7 Å². The van der Waals surface area contributed by atoms with Crippen LogP contribution < -0.4 is 4.72 Å². The largest absolute Gasteiger partial charge is 0.465 e. The van der Waals surface area contributed by atoms with Crippen molar-refractivity contribution in [2.75, 3.05) is 11.9 Å². The molecule has 0 aromatic heterocycles. The van der Waals surface area contributed by atoms with Gasteiger partial charge in [-0.25, -0.2) is 8.42 Å². The van der Waals surface area contributed by atoms with Crippen LogP contribution in [0, 0.1) is 10.1 Å². The summed E-state index contributed by atoms with van der Waals surface area (Å²) in [4.78, 5) is 21.7. The van der Waals surface area contributed by atoms with Gasteiger partial charge in [-0.05, 0) is 25.0 Å². The lowest BCUT2D eigenvalue weighted by Gasteiger charge is -2.16. The number of hydrogen-bond acceptors (Lipinski definition) is 6. The molecule has 0 saturated heterocycles. The van der Waals surface area contributed by atoms with Crippen molar-refractivity contribution < 1.29 is 22.9 Å². The first-order chi connectivity index (χ1) is 10.8. The third kappa shape index (κ3) is 5.88. The lowest BCUT2D eigenvalue weighted by molar-refractivity contribution is -0.384. The minimum absolute atomic E-state index is 0.161. The number of carbonyl (C=O) groups excluding carboxylic acids is 1. The van der Waals surface area contributed by atoms with Gasteiger partial charge in [0.05, 0.1) is 16.4 Å². The Morgan fingerprint density at radius 2 is 2.00 bits per heavy atom. The first-order valence-electron chi connectivity index (χ1n) is 6.81. The molecule has 23 heavy (non-hydrogen) atoms. The number of non-ortho nitro benzene ring substituents is 1. The summed E-state index contributed by atoms with van der Waals surface area (Å²) >= 11 is 3.16. The number of nitro groups is 1. The van der Waals surface area contributed by atoms with Gasteiger partial charge >= 0.3 is 5.97 Å². The van der Waals surface area contributed by atoms with Gasteiger partial charge in [0.1, 0.15) is 6.04 Å². The second-order valence-electron chi connectivity index (χ2n) is 4.57. The fourth-order valence-electron chi connectivity index (χ4n) is 1.64. The molecule has 0 aliphatic rings. The molecule has 0 heterocycles. The molecule has 0 saturated carbocycles. The van der Waals surface area contributed by atoms with Crippen LogP contribution in [-0.4, -0.2) is 37.3 Å². The zero-order valence-electron chi connectivity index (χ0n) is 12.4. The van der Waals surface area contributed by atoms with Crippen molar-refractivity contribution in [3.63, 3.8) is 0 Å². The van der Waals surface area contributed by atoms with Crippen molar-refractivity contribution in [3.05, 3.63) is 34.4 Å². The van der Waals surface area contributed by atoms with Crippen LogP contribution in [0.5, 0.6) is 0 Å². The fourth-order valence-corrected chi connectivity index (χ4v) is 3.32. The van der Waals surface area contributed by atoms with E-state index < -0.39 is 27.0 Å². The highest BCUT2D eigenvalue weighted by Gasteiger charge is 2.26. The number of nitro benzene ring substituents is 1. The van der Waals surface area contributed by atoms with E-state index in [4.69, 9.17) is 4.74 Å². The molecular weight excluding hydrogens is 392 g/mol. The van der Waals surface area contributed by atoms with E-state index in [0.717, 1.165) is 24.3 Å². The molecule has 0 bridgehead atoms. The number of carbonyl (C=O) groups is 1. The zero-order valence-corrected chi connectivity index (χ0v) is 14.8. The van der Waals surface area contributed by atoms with Gasteiger partial charge in [-0.15, -0.1) is 0 Å². The Morgan fingerprint density at radius 3 is 2.48 bits per heavy atom. The van der Waals surface area contributed by atoms with E-state index in [1.165, 1.54) is 0 Å². The van der Waals surface area contributed by atoms with Crippen molar-refractivity contribution in [1.82, 2.24) is 4.72 Å². The smallest absolute Gasteiger partial charge is 0.324 e. The van der Waals surface area contributed by atoms with Gasteiger partial charge < -0.3 is 4.74 Å². The van der Waals surface area contributed by atoms with Crippen LogP contribution in [0.3, 0.4) is 0 Å². The molecule has 1 atom stereocenters. The minimum Gasteiger partial charge on any atom is -0.465 e. The lowest BCUT2D eigenvalue weighted by Crippen LogP contribution is -2.42. The van der Waals surface area contributed by atoms with Gasteiger partial charge in [0.2, 0.25) is 10.0 Å². The molecule has 1 N–H and O–H groups in total. The molecule has 0 fully saturated rings. The van der Waals surface area contributed by atoms with Crippen molar-refractivity contribution in [2.24, 2.45) is 0 Å². The average molecular weight is 409 g/mol. The summed E-state index contributed by atoms with van der Waals surface area (Å²) in [5.74, 6) is -0.656. The summed E-state index contributed by atoms with van der Waals surface area (Å²) in [6.45, 7) is 2.03. The zero-order chi connectivity index (χ0) is 17.5. The number of esters is 1. The maximum Gasteiger partial charge on any atom is 0.324 e. The quantitative estimate of drug-likeness (QED) is 0.289. The molecule has 1 aromatic rings. The van der Waals surface area contributed by atoms with Crippen molar-refractivity contribution in [1.29, 1.82) is 0 Å². The number of benzene rings is 1. The Hall–Kier alpha value is -1.52. The van der Waals surface area contributed by atoms with Gasteiger partial charge in [-0.2, -0.15) is 4.72 Å². The Bertz CT molecular complexity index is 647. The first-order valence-corrected chi connectivity index (χ1v) is 9.41. The Kier molecular flexibility index (Phi) is 7.59. The molecule has 0 aliphatic carbocycles. The molecule has 0 radical (unpaired) electrons. The highest BCUT2D eigenvalue weighted by Crippen LogP contribution is 2.16. The van der Waals surface area contributed by atoms with Crippen LogP contribution in [0.4, 0.5) is 5.69 Å². The normalized spacial score (nSPS) is 12.6. The predicted octanol–water partition coefficient (Wildman–Crippen LogP) is 1.98. The minimum atomic E-state index is -3.99. The number of alkyl halides is 1. The third-order valence-electron chi connectivity index (χ3n) is 2.79. The highest BCUT2D eigenvalue weighted by molar-refractivity contribution is 9.09. The number of nitrogens with zero attached hydrogens (tertiary/aromatic N) is 1. The summed E-state index contributed by atoms with van der Waals surface area (Å²) in [6.07, 6.45) is 0.844. The molecule has 0 unspecified atom stereocenters. The molecule has 0 amide bonds. The van der Waals surface area contributed by atoms with Gasteiger partial charge in [0.25, 0.3) is 5.69 Å². The van der Waals surface area contributed by atoms with Gasteiger partial charge in [-0.3, -0.25) is 14.9 Å².